The monoisotopic (exact) mass is 261 g/mol. The van der Waals surface area contributed by atoms with Crippen LogP contribution < -0.4 is 10.2 Å². The Bertz CT molecular complexity index is 485. The average Bonchev–Trinajstić information content (AvgIpc) is 2.38. The number of rotatable bonds is 3. The van der Waals surface area contributed by atoms with E-state index >= 15 is 0 Å². The molecule has 0 radical (unpaired) electrons. The van der Waals surface area contributed by atoms with Crippen LogP contribution in [0.25, 0.3) is 0 Å². The smallest absolute Gasteiger partial charge is 0.143 e. The maximum atomic E-state index is 14.1. The van der Waals surface area contributed by atoms with E-state index in [4.69, 9.17) is 0 Å². The highest BCUT2D eigenvalue weighted by molar-refractivity contribution is 5.61. The third-order valence-corrected chi connectivity index (χ3v) is 3.34. The Kier molecular flexibility index (Phi) is 4.39. The first-order valence-electron chi connectivity index (χ1n) is 6.80. The van der Waals surface area contributed by atoms with E-state index in [0.717, 1.165) is 43.9 Å². The summed E-state index contributed by atoms with van der Waals surface area (Å²) in [5.41, 5.74) is 1.90. The lowest BCUT2D eigenvalue weighted by molar-refractivity contribution is 0.580. The number of nitriles is 1. The zero-order chi connectivity index (χ0) is 13.8. The van der Waals surface area contributed by atoms with Gasteiger partial charge in [0.2, 0.25) is 0 Å². The minimum absolute atomic E-state index is 0.175. The van der Waals surface area contributed by atoms with E-state index in [0.29, 0.717) is 5.92 Å². The van der Waals surface area contributed by atoms with Crippen LogP contribution in [0.4, 0.5) is 10.1 Å². The van der Waals surface area contributed by atoms with Crippen molar-refractivity contribution in [3.05, 3.63) is 29.1 Å². The van der Waals surface area contributed by atoms with Crippen LogP contribution in [0.3, 0.4) is 0 Å². The van der Waals surface area contributed by atoms with Crippen molar-refractivity contribution < 1.29 is 4.39 Å². The van der Waals surface area contributed by atoms with Crippen molar-refractivity contribution in [3.8, 4) is 6.07 Å². The predicted molar refractivity (Wildman–Crippen MR) is 74.7 cm³/mol. The summed E-state index contributed by atoms with van der Waals surface area (Å²) in [5.74, 6) is 0.0809. The Morgan fingerprint density at radius 2 is 2.05 bits per heavy atom. The van der Waals surface area contributed by atoms with Crippen molar-refractivity contribution in [2.45, 2.75) is 20.3 Å². The summed E-state index contributed by atoms with van der Waals surface area (Å²) < 4.78 is 14.1. The molecule has 0 atom stereocenters. The molecule has 4 heteroatoms. The van der Waals surface area contributed by atoms with Crippen LogP contribution in [0.2, 0.25) is 0 Å². The number of piperazine rings is 1. The van der Waals surface area contributed by atoms with Gasteiger partial charge >= 0.3 is 0 Å². The van der Waals surface area contributed by atoms with Gasteiger partial charge in [-0.3, -0.25) is 0 Å². The van der Waals surface area contributed by atoms with Crippen LogP contribution in [-0.2, 0) is 6.42 Å². The van der Waals surface area contributed by atoms with Gasteiger partial charge in [0.1, 0.15) is 17.4 Å². The normalized spacial score (nSPS) is 15.6. The summed E-state index contributed by atoms with van der Waals surface area (Å²) >= 11 is 0. The summed E-state index contributed by atoms with van der Waals surface area (Å²) in [6, 6.07) is 5.49. The Balaban J connectivity index is 2.38. The third kappa shape index (κ3) is 3.24. The number of nitrogens with one attached hydrogen (secondary N) is 1. The maximum Gasteiger partial charge on any atom is 0.143 e. The van der Waals surface area contributed by atoms with Crippen LogP contribution in [0, 0.1) is 23.1 Å². The van der Waals surface area contributed by atoms with Crippen molar-refractivity contribution in [1.29, 1.82) is 5.26 Å². The molecule has 1 heterocycles. The number of hydrogen-bond acceptors (Lipinski definition) is 3. The van der Waals surface area contributed by atoms with Gasteiger partial charge in [-0.05, 0) is 30.0 Å². The van der Waals surface area contributed by atoms with E-state index in [1.807, 2.05) is 12.1 Å². The summed E-state index contributed by atoms with van der Waals surface area (Å²) in [6.45, 7) is 7.61. The summed E-state index contributed by atoms with van der Waals surface area (Å²) in [6.07, 6.45) is 0.835. The first-order valence-corrected chi connectivity index (χ1v) is 6.80. The maximum absolute atomic E-state index is 14.1. The molecule has 1 aliphatic heterocycles. The third-order valence-electron chi connectivity index (χ3n) is 3.34. The number of anilines is 1. The minimum Gasteiger partial charge on any atom is -0.368 e. The number of hydrogen-bond donors (Lipinski definition) is 1. The molecule has 0 spiro atoms. The fraction of sp³-hybridized carbons (Fsp3) is 0.533. The molecule has 0 amide bonds. The zero-order valence-electron chi connectivity index (χ0n) is 11.5. The highest BCUT2D eigenvalue weighted by Gasteiger charge is 2.18. The molecule has 0 saturated carbocycles. The summed E-state index contributed by atoms with van der Waals surface area (Å²) in [5, 5.41) is 12.4. The molecule has 1 saturated heterocycles. The molecular formula is C15H20FN3. The Hall–Kier alpha value is -1.60. The Labute approximate surface area is 114 Å². The Morgan fingerprint density at radius 1 is 1.37 bits per heavy atom. The van der Waals surface area contributed by atoms with Gasteiger partial charge in [-0.15, -0.1) is 0 Å². The van der Waals surface area contributed by atoms with E-state index in [1.165, 1.54) is 6.07 Å². The molecule has 0 aliphatic carbocycles. The molecule has 102 valence electrons. The van der Waals surface area contributed by atoms with Gasteiger partial charge in [0, 0.05) is 26.2 Å². The largest absolute Gasteiger partial charge is 0.368 e. The molecule has 2 rings (SSSR count). The fourth-order valence-corrected chi connectivity index (χ4v) is 2.50. The van der Waals surface area contributed by atoms with Crippen LogP contribution in [-0.4, -0.2) is 26.2 Å². The van der Waals surface area contributed by atoms with Crippen LogP contribution in [0.5, 0.6) is 0 Å². The van der Waals surface area contributed by atoms with Gasteiger partial charge in [0.15, 0.2) is 0 Å². The fourth-order valence-electron chi connectivity index (χ4n) is 2.50. The van der Waals surface area contributed by atoms with Crippen LogP contribution in [0.1, 0.15) is 25.0 Å². The number of benzene rings is 1. The zero-order valence-corrected chi connectivity index (χ0v) is 11.5. The van der Waals surface area contributed by atoms with Gasteiger partial charge in [0.25, 0.3) is 0 Å². The van der Waals surface area contributed by atoms with Crippen LogP contribution >= 0.6 is 0 Å². The summed E-state index contributed by atoms with van der Waals surface area (Å²) in [4.78, 5) is 2.10. The van der Waals surface area contributed by atoms with Gasteiger partial charge in [-0.1, -0.05) is 13.8 Å². The lowest BCUT2D eigenvalue weighted by atomic mass is 9.99. The molecule has 1 fully saturated rings. The second kappa shape index (κ2) is 6.03. The van der Waals surface area contributed by atoms with Gasteiger partial charge in [-0.2, -0.15) is 5.26 Å². The van der Waals surface area contributed by atoms with Crippen molar-refractivity contribution >= 4 is 5.69 Å². The Morgan fingerprint density at radius 3 is 2.63 bits per heavy atom. The molecule has 3 nitrogen and oxygen atoms in total. The molecule has 19 heavy (non-hydrogen) atoms. The van der Waals surface area contributed by atoms with Gasteiger partial charge in [-0.25, -0.2) is 4.39 Å². The van der Waals surface area contributed by atoms with E-state index in [-0.39, 0.29) is 5.56 Å². The lowest BCUT2D eigenvalue weighted by Gasteiger charge is -2.30. The topological polar surface area (TPSA) is 39.1 Å². The van der Waals surface area contributed by atoms with Gasteiger partial charge < -0.3 is 10.2 Å². The molecular weight excluding hydrogens is 241 g/mol. The number of halogens is 1. The lowest BCUT2D eigenvalue weighted by Crippen LogP contribution is -2.44. The second-order valence-corrected chi connectivity index (χ2v) is 5.42. The molecule has 0 aromatic heterocycles. The van der Waals surface area contributed by atoms with Crippen molar-refractivity contribution in [2.75, 3.05) is 31.1 Å². The first kappa shape index (κ1) is 13.8. The van der Waals surface area contributed by atoms with Crippen molar-refractivity contribution in [1.82, 2.24) is 5.32 Å². The van der Waals surface area contributed by atoms with E-state index < -0.39 is 5.82 Å². The molecule has 1 aromatic carbocycles. The minimum atomic E-state index is -0.394. The quantitative estimate of drug-likeness (QED) is 0.907. The van der Waals surface area contributed by atoms with Crippen molar-refractivity contribution in [2.24, 2.45) is 5.92 Å². The van der Waals surface area contributed by atoms with E-state index in [9.17, 15) is 9.65 Å². The van der Waals surface area contributed by atoms with Crippen molar-refractivity contribution in [3.63, 3.8) is 0 Å². The second-order valence-electron chi connectivity index (χ2n) is 5.42. The molecule has 0 bridgehead atoms. The molecule has 1 aliphatic rings. The molecule has 1 aromatic rings. The molecule has 1 N–H and O–H groups in total. The van der Waals surface area contributed by atoms with Gasteiger partial charge in [0.05, 0.1) is 5.69 Å². The highest BCUT2D eigenvalue weighted by atomic mass is 19.1. The van der Waals surface area contributed by atoms with Crippen LogP contribution in [0.15, 0.2) is 12.1 Å². The summed E-state index contributed by atoms with van der Waals surface area (Å²) in [7, 11) is 0. The first-order chi connectivity index (χ1) is 9.11. The van der Waals surface area contributed by atoms with E-state index in [1.54, 1.807) is 0 Å². The van der Waals surface area contributed by atoms with E-state index in [2.05, 4.69) is 24.1 Å². The SMILES string of the molecule is CC(C)Cc1cc(F)c(C#N)c(N2CCNCC2)c1. The average molecular weight is 261 g/mol. The predicted octanol–water partition coefficient (Wildman–Crippen LogP) is 2.31. The highest BCUT2D eigenvalue weighted by Crippen LogP contribution is 2.26. The number of nitrogens with zero attached hydrogens (tertiary/aromatic N) is 2. The standard InChI is InChI=1S/C15H20FN3/c1-11(2)7-12-8-14(16)13(10-17)15(9-12)19-5-3-18-4-6-19/h8-9,11,18H,3-7H2,1-2H3. The molecule has 0 unspecified atom stereocenters.